The molecule has 3 aromatic carbocycles. The standard InChI is InChI=1S/C22H18O2.C15H26N4O6S.C2H6/c1-14(2)15-7-9-17(10-8-15)21-13-19(23)22-18-6-4-3-5-16(18)11-12-20(22)24-21;1-4-11(20)19-10(5-6-26-3)15(25)18-9(2)14(24)17-7-12(21)16-8-13(22)23;1-2/h3-14H,1-2H3;9-10H,4-8H2,1-3H3,(H,16,21)(H,17,24)(H,18,25)(H,19,20)(H,22,23);1-2H3/t;9-,10?;/m.0./s1. The van der Waals surface area contributed by atoms with E-state index in [2.05, 4.69) is 47.2 Å². The number of aliphatic carboxylic acids is 1. The topological polar surface area (TPSA) is 184 Å². The largest absolute Gasteiger partial charge is 0.480 e. The quantitative estimate of drug-likeness (QED) is 0.108. The molecule has 12 nitrogen and oxygen atoms in total. The van der Waals surface area contributed by atoms with Crippen molar-refractivity contribution < 1.29 is 33.5 Å². The van der Waals surface area contributed by atoms with Crippen molar-refractivity contribution >= 4 is 63.1 Å². The predicted molar refractivity (Wildman–Crippen MR) is 207 cm³/mol. The Balaban J connectivity index is 0.000000344. The normalized spacial score (nSPS) is 11.6. The summed E-state index contributed by atoms with van der Waals surface area (Å²) in [5.74, 6) is -1.46. The second kappa shape index (κ2) is 21.9. The second-order valence-electron chi connectivity index (χ2n) is 11.8. The van der Waals surface area contributed by atoms with Crippen molar-refractivity contribution in [2.75, 3.05) is 25.1 Å². The SMILES string of the molecule is CC.CC(C)c1ccc(-c2cc(=O)c3c(ccc4ccccc43)o2)cc1.CCC(=O)NC(CCSC)C(=O)N[C@@H](C)C(=O)NCC(=O)NCC(=O)O. The summed E-state index contributed by atoms with van der Waals surface area (Å²) < 4.78 is 6.04. The molecule has 0 bridgehead atoms. The van der Waals surface area contributed by atoms with Crippen molar-refractivity contribution in [2.24, 2.45) is 0 Å². The van der Waals surface area contributed by atoms with Gasteiger partial charge in [0.15, 0.2) is 5.43 Å². The summed E-state index contributed by atoms with van der Waals surface area (Å²) in [4.78, 5) is 70.1. The first kappa shape index (κ1) is 43.0. The molecule has 4 aromatic rings. The number of carboxylic acid groups (broad SMARTS) is 1. The molecule has 2 atom stereocenters. The summed E-state index contributed by atoms with van der Waals surface area (Å²) in [6.07, 6.45) is 2.54. The van der Waals surface area contributed by atoms with E-state index in [1.807, 2.05) is 68.6 Å². The molecule has 4 amide bonds. The van der Waals surface area contributed by atoms with Crippen molar-refractivity contribution in [3.63, 3.8) is 0 Å². The molecule has 0 aliphatic rings. The summed E-state index contributed by atoms with van der Waals surface area (Å²) in [5, 5.41) is 20.6. The van der Waals surface area contributed by atoms with E-state index >= 15 is 0 Å². The number of amides is 4. The highest BCUT2D eigenvalue weighted by atomic mass is 32.2. The molecule has 0 radical (unpaired) electrons. The number of hydrogen-bond donors (Lipinski definition) is 5. The summed E-state index contributed by atoms with van der Waals surface area (Å²) >= 11 is 1.53. The van der Waals surface area contributed by atoms with Crippen LogP contribution in [0.2, 0.25) is 0 Å². The van der Waals surface area contributed by atoms with Gasteiger partial charge in [-0.05, 0) is 53.7 Å². The zero-order valence-corrected chi connectivity index (χ0v) is 31.6. The van der Waals surface area contributed by atoms with Crippen LogP contribution < -0.4 is 26.7 Å². The number of rotatable bonds is 14. The van der Waals surface area contributed by atoms with E-state index in [0.717, 1.165) is 16.3 Å². The summed E-state index contributed by atoms with van der Waals surface area (Å²) in [6, 6.07) is 19.9. The third-order valence-electron chi connectivity index (χ3n) is 7.68. The van der Waals surface area contributed by atoms with Gasteiger partial charge < -0.3 is 30.8 Å². The van der Waals surface area contributed by atoms with Gasteiger partial charge in [0.1, 0.15) is 30.0 Å². The maximum atomic E-state index is 12.7. The molecule has 0 spiro atoms. The van der Waals surface area contributed by atoms with Gasteiger partial charge in [0.2, 0.25) is 23.6 Å². The lowest BCUT2D eigenvalue weighted by Crippen LogP contribution is -2.53. The molecule has 0 fully saturated rings. The lowest BCUT2D eigenvalue weighted by molar-refractivity contribution is -0.138. The van der Waals surface area contributed by atoms with Gasteiger partial charge >= 0.3 is 5.97 Å². The van der Waals surface area contributed by atoms with E-state index in [0.29, 0.717) is 34.8 Å². The number of thioether (sulfide) groups is 1. The molecule has 5 N–H and O–H groups in total. The van der Waals surface area contributed by atoms with Crippen LogP contribution in [0, 0.1) is 0 Å². The van der Waals surface area contributed by atoms with Crippen LogP contribution in [-0.4, -0.2) is 71.9 Å². The monoisotopic (exact) mass is 734 g/mol. The van der Waals surface area contributed by atoms with E-state index in [1.165, 1.54) is 24.2 Å². The number of carboxylic acids is 1. The van der Waals surface area contributed by atoms with E-state index in [-0.39, 0.29) is 17.8 Å². The molecule has 52 heavy (non-hydrogen) atoms. The van der Waals surface area contributed by atoms with Crippen LogP contribution in [0.5, 0.6) is 0 Å². The van der Waals surface area contributed by atoms with Gasteiger partial charge in [0.05, 0.1) is 11.9 Å². The van der Waals surface area contributed by atoms with Crippen molar-refractivity contribution in [2.45, 2.75) is 72.4 Å². The highest BCUT2D eigenvalue weighted by Gasteiger charge is 2.24. The Morgan fingerprint density at radius 3 is 2.12 bits per heavy atom. The van der Waals surface area contributed by atoms with Crippen molar-refractivity contribution in [3.8, 4) is 11.3 Å². The average Bonchev–Trinajstić information content (AvgIpc) is 3.15. The van der Waals surface area contributed by atoms with Crippen molar-refractivity contribution in [1.29, 1.82) is 0 Å². The van der Waals surface area contributed by atoms with Gasteiger partial charge in [0, 0.05) is 18.1 Å². The lowest BCUT2D eigenvalue weighted by Gasteiger charge is -2.20. The van der Waals surface area contributed by atoms with Crippen LogP contribution in [0.15, 0.2) is 75.9 Å². The van der Waals surface area contributed by atoms with Crippen LogP contribution in [-0.2, 0) is 24.0 Å². The molecular formula is C39H50N4O8S. The minimum absolute atomic E-state index is 0.00372. The zero-order chi connectivity index (χ0) is 38.8. The van der Waals surface area contributed by atoms with Crippen LogP contribution >= 0.6 is 11.8 Å². The molecule has 0 saturated carbocycles. The Morgan fingerprint density at radius 2 is 1.50 bits per heavy atom. The van der Waals surface area contributed by atoms with Crippen LogP contribution in [0.25, 0.3) is 33.1 Å². The van der Waals surface area contributed by atoms with Gasteiger partial charge in [-0.2, -0.15) is 11.8 Å². The van der Waals surface area contributed by atoms with Crippen molar-refractivity contribution in [1.82, 2.24) is 21.3 Å². The van der Waals surface area contributed by atoms with E-state index in [4.69, 9.17) is 9.52 Å². The van der Waals surface area contributed by atoms with Crippen LogP contribution in [0.3, 0.4) is 0 Å². The fourth-order valence-corrected chi connectivity index (χ4v) is 5.31. The maximum Gasteiger partial charge on any atom is 0.322 e. The van der Waals surface area contributed by atoms with Crippen LogP contribution in [0.4, 0.5) is 0 Å². The summed E-state index contributed by atoms with van der Waals surface area (Å²) in [6.45, 7) is 10.5. The van der Waals surface area contributed by atoms with Crippen LogP contribution in [0.1, 0.15) is 65.9 Å². The highest BCUT2D eigenvalue weighted by Crippen LogP contribution is 2.28. The fraction of sp³-hybridized carbons (Fsp3) is 0.385. The number of carbonyl (C=O) groups excluding carboxylic acids is 4. The zero-order valence-electron chi connectivity index (χ0n) is 30.8. The van der Waals surface area contributed by atoms with Gasteiger partial charge in [-0.25, -0.2) is 0 Å². The molecule has 13 heteroatoms. The first-order chi connectivity index (χ1) is 24.8. The molecule has 0 saturated heterocycles. The summed E-state index contributed by atoms with van der Waals surface area (Å²) in [7, 11) is 0. The molecule has 1 aromatic heterocycles. The van der Waals surface area contributed by atoms with Crippen molar-refractivity contribution in [3.05, 3.63) is 82.5 Å². The van der Waals surface area contributed by atoms with Gasteiger partial charge in [-0.1, -0.05) is 89.2 Å². The van der Waals surface area contributed by atoms with Gasteiger partial charge in [-0.3, -0.25) is 28.8 Å². The molecule has 280 valence electrons. The Hall–Kier alpha value is -5.17. The third-order valence-corrected chi connectivity index (χ3v) is 8.32. The van der Waals surface area contributed by atoms with Gasteiger partial charge in [-0.15, -0.1) is 0 Å². The first-order valence-electron chi connectivity index (χ1n) is 17.2. The third kappa shape index (κ3) is 13.2. The Morgan fingerprint density at radius 1 is 0.827 bits per heavy atom. The highest BCUT2D eigenvalue weighted by molar-refractivity contribution is 7.98. The number of benzene rings is 3. The summed E-state index contributed by atoms with van der Waals surface area (Å²) in [5.41, 5.74) is 2.82. The molecule has 1 heterocycles. The smallest absolute Gasteiger partial charge is 0.322 e. The Labute approximate surface area is 308 Å². The minimum Gasteiger partial charge on any atom is -0.480 e. The Kier molecular flexibility index (Phi) is 18.1. The lowest BCUT2D eigenvalue weighted by atomic mass is 10.0. The molecular weight excluding hydrogens is 685 g/mol. The predicted octanol–water partition coefficient (Wildman–Crippen LogP) is 5.22. The van der Waals surface area contributed by atoms with E-state index in [9.17, 15) is 28.8 Å². The molecule has 0 aliphatic heterocycles. The molecule has 0 aliphatic carbocycles. The van der Waals surface area contributed by atoms with E-state index < -0.39 is 48.9 Å². The Bertz CT molecular complexity index is 1870. The second-order valence-corrected chi connectivity index (χ2v) is 12.8. The molecule has 4 rings (SSSR count). The average molecular weight is 735 g/mol. The number of hydrogen-bond acceptors (Lipinski definition) is 8. The van der Waals surface area contributed by atoms with Gasteiger partial charge in [0.25, 0.3) is 0 Å². The molecule has 1 unspecified atom stereocenters. The first-order valence-corrected chi connectivity index (χ1v) is 18.6. The number of nitrogens with one attached hydrogen (secondary N) is 4. The number of carbonyl (C=O) groups is 5. The minimum atomic E-state index is -1.20. The maximum absolute atomic E-state index is 12.7. The fourth-order valence-electron chi connectivity index (χ4n) is 4.84. The van der Waals surface area contributed by atoms with E-state index in [1.54, 1.807) is 13.0 Å². The number of fused-ring (bicyclic) bond motifs is 3.